The van der Waals surface area contributed by atoms with Crippen LogP contribution in [0.2, 0.25) is 0 Å². The van der Waals surface area contributed by atoms with Crippen LogP contribution in [-0.2, 0) is 10.1 Å². The summed E-state index contributed by atoms with van der Waals surface area (Å²) < 4.78 is 70.2. The van der Waals surface area contributed by atoms with Crippen molar-refractivity contribution >= 4 is 55.5 Å². The summed E-state index contributed by atoms with van der Waals surface area (Å²) in [5.74, 6) is -0.380. The fraction of sp³-hybridized carbons (Fsp3) is 0.0303. The van der Waals surface area contributed by atoms with Gasteiger partial charge in [-0.15, -0.1) is 0 Å². The zero-order valence-electron chi connectivity index (χ0n) is 21.4. The highest BCUT2D eigenvalue weighted by atomic mass is 32.2. The summed E-state index contributed by atoms with van der Waals surface area (Å²) in [4.78, 5) is 0. The molecule has 0 aliphatic carbocycles. The van der Waals surface area contributed by atoms with Gasteiger partial charge >= 0.3 is 15.6 Å². The Morgan fingerprint density at radius 3 is 1.54 bits per heavy atom. The van der Waals surface area contributed by atoms with Crippen molar-refractivity contribution < 1.29 is 25.8 Å². The summed E-state index contributed by atoms with van der Waals surface area (Å²) >= 11 is 0. The fourth-order valence-corrected chi connectivity index (χ4v) is 7.98. The molecule has 6 aromatic carbocycles. The molecule has 0 fully saturated rings. The topological polar surface area (TPSA) is 43.4 Å². The van der Waals surface area contributed by atoms with Crippen LogP contribution >= 0.6 is 7.92 Å². The van der Waals surface area contributed by atoms with Crippen LogP contribution < -0.4 is 20.1 Å². The average molecular weight is 587 g/mol. The summed E-state index contributed by atoms with van der Waals surface area (Å²) in [6.45, 7) is 0. The van der Waals surface area contributed by atoms with Crippen LogP contribution in [0.25, 0.3) is 32.7 Å². The number of hydrogen-bond donors (Lipinski definition) is 0. The lowest BCUT2D eigenvalue weighted by Gasteiger charge is -2.25. The van der Waals surface area contributed by atoms with Gasteiger partial charge in [-0.2, -0.15) is 21.6 Å². The molecule has 6 aromatic rings. The number of fused-ring (bicyclic) bond motifs is 2. The molecule has 0 radical (unpaired) electrons. The number of benzene rings is 6. The number of halogens is 3. The van der Waals surface area contributed by atoms with Gasteiger partial charge in [0.15, 0.2) is 5.75 Å². The van der Waals surface area contributed by atoms with E-state index in [4.69, 9.17) is 4.18 Å². The molecule has 0 heterocycles. The zero-order chi connectivity index (χ0) is 28.6. The third kappa shape index (κ3) is 5.08. The molecule has 0 aromatic heterocycles. The molecule has 6 rings (SSSR count). The van der Waals surface area contributed by atoms with Crippen molar-refractivity contribution in [2.45, 2.75) is 5.51 Å². The van der Waals surface area contributed by atoms with Crippen molar-refractivity contribution in [2.24, 2.45) is 0 Å². The van der Waals surface area contributed by atoms with Gasteiger partial charge in [-0.3, -0.25) is 0 Å². The Bertz CT molecular complexity index is 1940. The highest BCUT2D eigenvalue weighted by molar-refractivity contribution is 7.88. The molecule has 0 aliphatic rings. The number of rotatable bonds is 6. The van der Waals surface area contributed by atoms with E-state index in [0.29, 0.717) is 16.5 Å². The maximum absolute atomic E-state index is 13.6. The maximum atomic E-state index is 13.6. The van der Waals surface area contributed by atoms with Crippen molar-refractivity contribution in [2.75, 3.05) is 0 Å². The fourth-order valence-electron chi connectivity index (χ4n) is 5.03. The van der Waals surface area contributed by atoms with Crippen molar-refractivity contribution in [3.05, 3.63) is 133 Å². The Morgan fingerprint density at radius 1 is 0.537 bits per heavy atom. The van der Waals surface area contributed by atoms with Crippen LogP contribution in [0.5, 0.6) is 5.75 Å². The smallest absolute Gasteiger partial charge is 0.375 e. The minimum Gasteiger partial charge on any atom is -0.375 e. The molecule has 204 valence electrons. The van der Waals surface area contributed by atoms with Gasteiger partial charge in [0.05, 0.1) is 0 Å². The molecule has 0 amide bonds. The Hall–Kier alpha value is -4.19. The van der Waals surface area contributed by atoms with Gasteiger partial charge in [0.1, 0.15) is 0 Å². The van der Waals surface area contributed by atoms with Crippen molar-refractivity contribution in [3.8, 4) is 16.9 Å². The van der Waals surface area contributed by atoms with Gasteiger partial charge in [0.2, 0.25) is 0 Å². The second-order valence-corrected chi connectivity index (χ2v) is 13.1. The SMILES string of the molecule is O=S(=O)(Oc1ccc2ccccc2c1-c1c(P(c2ccccc2)c2ccccc2)ccc2ccccc12)C(F)(F)F. The minimum absolute atomic E-state index is 0.294. The maximum Gasteiger partial charge on any atom is 0.534 e. The monoisotopic (exact) mass is 586 g/mol. The van der Waals surface area contributed by atoms with E-state index in [-0.39, 0.29) is 5.75 Å². The first-order valence-corrected chi connectivity index (χ1v) is 15.4. The summed E-state index contributed by atoms with van der Waals surface area (Å²) in [6, 6.07) is 41.5. The third-order valence-corrected chi connectivity index (χ3v) is 10.2. The average Bonchev–Trinajstić information content (AvgIpc) is 2.98. The molecule has 0 atom stereocenters. The van der Waals surface area contributed by atoms with Crippen LogP contribution in [0.4, 0.5) is 13.2 Å². The molecule has 0 aliphatic heterocycles. The first-order chi connectivity index (χ1) is 19.7. The van der Waals surface area contributed by atoms with Crippen LogP contribution in [-0.4, -0.2) is 13.9 Å². The molecule has 8 heteroatoms. The normalized spacial score (nSPS) is 12.2. The lowest BCUT2D eigenvalue weighted by molar-refractivity contribution is -0.0499. The van der Waals surface area contributed by atoms with Gasteiger partial charge in [-0.1, -0.05) is 127 Å². The standard InChI is InChI=1S/C33H22F3O3PS/c34-33(35,36)41(37,38)39-29-21-19-23-11-7-9-17-27(23)31(29)32-28-18-10-8-12-24(28)20-22-30(32)40(25-13-3-1-4-14-25)26-15-5-2-6-16-26/h1-22H. The predicted molar refractivity (Wildman–Crippen MR) is 161 cm³/mol. The van der Waals surface area contributed by atoms with E-state index in [1.165, 1.54) is 6.07 Å². The third-order valence-electron chi connectivity index (χ3n) is 6.80. The van der Waals surface area contributed by atoms with Gasteiger partial charge in [0.25, 0.3) is 0 Å². The lowest BCUT2D eigenvalue weighted by Crippen LogP contribution is -2.28. The van der Waals surface area contributed by atoms with E-state index < -0.39 is 23.5 Å². The van der Waals surface area contributed by atoms with Gasteiger partial charge in [0, 0.05) is 11.1 Å². The predicted octanol–water partition coefficient (Wildman–Crippen LogP) is 7.65. The van der Waals surface area contributed by atoms with E-state index in [9.17, 15) is 21.6 Å². The second kappa shape index (κ2) is 10.7. The van der Waals surface area contributed by atoms with E-state index in [1.807, 2.05) is 109 Å². The Morgan fingerprint density at radius 2 is 1.00 bits per heavy atom. The molecule has 3 nitrogen and oxygen atoms in total. The molecule has 41 heavy (non-hydrogen) atoms. The Balaban J connectivity index is 1.75. The summed E-state index contributed by atoms with van der Waals surface area (Å²) in [5.41, 5.74) is -4.66. The number of hydrogen-bond acceptors (Lipinski definition) is 3. The first-order valence-electron chi connectivity index (χ1n) is 12.7. The Labute approximate surface area is 236 Å². The van der Waals surface area contributed by atoms with Gasteiger partial charge < -0.3 is 4.18 Å². The molecule has 0 bridgehead atoms. The summed E-state index contributed by atoms with van der Waals surface area (Å²) in [7, 11) is -7.15. The van der Waals surface area contributed by atoms with E-state index in [2.05, 4.69) is 0 Å². The van der Waals surface area contributed by atoms with Crippen molar-refractivity contribution in [1.29, 1.82) is 0 Å². The van der Waals surface area contributed by atoms with Crippen molar-refractivity contribution in [1.82, 2.24) is 0 Å². The highest BCUT2D eigenvalue weighted by Gasteiger charge is 2.49. The zero-order valence-corrected chi connectivity index (χ0v) is 23.1. The largest absolute Gasteiger partial charge is 0.534 e. The summed E-state index contributed by atoms with van der Waals surface area (Å²) in [5, 5.41) is 5.89. The van der Waals surface area contributed by atoms with Gasteiger partial charge in [-0.25, -0.2) is 0 Å². The van der Waals surface area contributed by atoms with E-state index in [0.717, 1.165) is 32.1 Å². The Kier molecular flexibility index (Phi) is 7.02. The van der Waals surface area contributed by atoms with E-state index in [1.54, 1.807) is 18.2 Å². The van der Waals surface area contributed by atoms with E-state index >= 15 is 0 Å². The van der Waals surface area contributed by atoms with Crippen LogP contribution in [0, 0.1) is 0 Å². The second-order valence-electron chi connectivity index (χ2n) is 9.33. The number of alkyl halides is 3. The van der Waals surface area contributed by atoms with Gasteiger partial charge in [-0.05, 0) is 51.4 Å². The molecular weight excluding hydrogens is 564 g/mol. The van der Waals surface area contributed by atoms with Crippen molar-refractivity contribution in [3.63, 3.8) is 0 Å². The lowest BCUT2D eigenvalue weighted by atomic mass is 9.93. The highest BCUT2D eigenvalue weighted by Crippen LogP contribution is 2.46. The minimum atomic E-state index is -5.94. The first kappa shape index (κ1) is 27.0. The van der Waals surface area contributed by atoms with Crippen LogP contribution in [0.1, 0.15) is 0 Å². The van der Waals surface area contributed by atoms with Crippen LogP contribution in [0.15, 0.2) is 133 Å². The molecule has 0 spiro atoms. The molecule has 0 saturated heterocycles. The molecule has 0 unspecified atom stereocenters. The summed E-state index contributed by atoms with van der Waals surface area (Å²) in [6.07, 6.45) is 0. The molecule has 0 N–H and O–H groups in total. The quantitative estimate of drug-likeness (QED) is 0.114. The molecular formula is C33H22F3O3PS. The van der Waals surface area contributed by atoms with Crippen LogP contribution in [0.3, 0.4) is 0 Å². The molecule has 0 saturated carbocycles.